The molecule has 2 aromatic carbocycles. The van der Waals surface area contributed by atoms with Crippen molar-refractivity contribution in [3.63, 3.8) is 0 Å². The Kier molecular flexibility index (Phi) is 6.44. The van der Waals surface area contributed by atoms with Crippen molar-refractivity contribution in [1.82, 2.24) is 14.9 Å². The van der Waals surface area contributed by atoms with E-state index in [4.69, 9.17) is 4.74 Å². The van der Waals surface area contributed by atoms with E-state index in [1.54, 1.807) is 6.07 Å². The number of nitrogens with zero attached hydrogens (tertiary/aromatic N) is 2. The third-order valence-corrected chi connectivity index (χ3v) is 6.57. The molecule has 3 atom stereocenters. The first kappa shape index (κ1) is 23.6. The molecule has 2 saturated heterocycles. The molecule has 5 nitrogen and oxygen atoms in total. The van der Waals surface area contributed by atoms with Gasteiger partial charge in [0.2, 0.25) is 5.82 Å². The molecular formula is C24H25ClF3N3O2. The molecule has 1 spiro atoms. The Labute approximate surface area is 196 Å². The molecule has 0 bridgehead atoms. The van der Waals surface area contributed by atoms with Gasteiger partial charge in [0.05, 0.1) is 18.2 Å². The van der Waals surface area contributed by atoms with Crippen molar-refractivity contribution in [3.05, 3.63) is 77.9 Å². The summed E-state index contributed by atoms with van der Waals surface area (Å²) in [6.45, 7) is 1.30. The molecule has 3 aromatic rings. The molecule has 9 heteroatoms. The van der Waals surface area contributed by atoms with E-state index in [9.17, 15) is 18.3 Å². The zero-order valence-corrected chi connectivity index (χ0v) is 18.6. The maximum atomic E-state index is 13.3. The first-order valence-corrected chi connectivity index (χ1v) is 10.7. The summed E-state index contributed by atoms with van der Waals surface area (Å²) in [6.07, 6.45) is 0.372. The molecule has 0 amide bonds. The minimum absolute atomic E-state index is 0. The Hall–Kier alpha value is -2.55. The lowest BCUT2D eigenvalue weighted by Crippen LogP contribution is -2.48. The van der Waals surface area contributed by atoms with Gasteiger partial charge in [0.1, 0.15) is 5.75 Å². The Morgan fingerprint density at radius 3 is 2.70 bits per heavy atom. The normalized spacial score (nSPS) is 25.2. The number of nitrogens with one attached hydrogen (secondary N) is 1. The average molecular weight is 480 g/mol. The van der Waals surface area contributed by atoms with Crippen LogP contribution in [0.1, 0.15) is 48.2 Å². The van der Waals surface area contributed by atoms with Crippen LogP contribution in [0.3, 0.4) is 0 Å². The molecule has 0 saturated carbocycles. The van der Waals surface area contributed by atoms with Crippen molar-refractivity contribution < 1.29 is 23.0 Å². The van der Waals surface area contributed by atoms with Crippen molar-refractivity contribution >= 4 is 12.4 Å². The molecule has 176 valence electrons. The molecule has 0 unspecified atom stereocenters. The zero-order chi connectivity index (χ0) is 22.3. The number of rotatable bonds is 3. The lowest BCUT2D eigenvalue weighted by Gasteiger charge is -2.41. The van der Waals surface area contributed by atoms with Crippen LogP contribution in [-0.2, 0) is 10.9 Å². The summed E-state index contributed by atoms with van der Waals surface area (Å²) in [6, 6.07) is 14.7. The van der Waals surface area contributed by atoms with E-state index in [-0.39, 0.29) is 30.1 Å². The second-order valence-electron chi connectivity index (χ2n) is 8.54. The van der Waals surface area contributed by atoms with Gasteiger partial charge in [-0.1, -0.05) is 30.3 Å². The average Bonchev–Trinajstić information content (AvgIpc) is 3.43. The van der Waals surface area contributed by atoms with Crippen LogP contribution in [0, 0.1) is 0 Å². The van der Waals surface area contributed by atoms with Crippen LogP contribution in [-0.4, -0.2) is 33.4 Å². The van der Waals surface area contributed by atoms with Gasteiger partial charge in [-0.2, -0.15) is 13.2 Å². The molecule has 2 aliphatic heterocycles. The van der Waals surface area contributed by atoms with Crippen LogP contribution in [0.2, 0.25) is 0 Å². The van der Waals surface area contributed by atoms with Gasteiger partial charge in [-0.25, -0.2) is 4.98 Å². The van der Waals surface area contributed by atoms with Crippen LogP contribution in [0.4, 0.5) is 13.2 Å². The third kappa shape index (κ3) is 4.35. The van der Waals surface area contributed by atoms with Gasteiger partial charge in [-0.05, 0) is 49.6 Å². The summed E-state index contributed by atoms with van der Waals surface area (Å²) in [7, 11) is 0. The second-order valence-corrected chi connectivity index (χ2v) is 8.54. The van der Waals surface area contributed by atoms with Crippen LogP contribution in [0.15, 0.2) is 60.9 Å². The van der Waals surface area contributed by atoms with Gasteiger partial charge in [-0.3, -0.25) is 4.57 Å². The van der Waals surface area contributed by atoms with E-state index in [0.717, 1.165) is 35.7 Å². The summed E-state index contributed by atoms with van der Waals surface area (Å²) in [5, 5.41) is 14.2. The van der Waals surface area contributed by atoms with E-state index in [0.29, 0.717) is 24.3 Å². The van der Waals surface area contributed by atoms with Crippen molar-refractivity contribution in [3.8, 4) is 11.4 Å². The summed E-state index contributed by atoms with van der Waals surface area (Å²) in [5.41, 5.74) is 1.64. The number of benzene rings is 2. The summed E-state index contributed by atoms with van der Waals surface area (Å²) >= 11 is 0. The fourth-order valence-electron chi connectivity index (χ4n) is 5.15. The molecule has 2 N–H and O–H groups in total. The van der Waals surface area contributed by atoms with E-state index in [1.165, 1.54) is 18.3 Å². The van der Waals surface area contributed by atoms with Crippen LogP contribution in [0.5, 0.6) is 5.75 Å². The van der Waals surface area contributed by atoms with E-state index in [1.807, 2.05) is 18.2 Å². The van der Waals surface area contributed by atoms with E-state index in [2.05, 4.69) is 22.4 Å². The number of phenolic OH excluding ortho intramolecular Hbond substituents is 1. The largest absolute Gasteiger partial charge is 0.508 e. The van der Waals surface area contributed by atoms with Crippen molar-refractivity contribution in [1.29, 1.82) is 0 Å². The highest BCUT2D eigenvalue weighted by atomic mass is 35.5. The maximum Gasteiger partial charge on any atom is 0.450 e. The number of halogens is 4. The molecule has 0 aliphatic carbocycles. The number of imidazole rings is 1. The van der Waals surface area contributed by atoms with E-state index >= 15 is 0 Å². The molecule has 0 radical (unpaired) electrons. The van der Waals surface area contributed by atoms with Gasteiger partial charge < -0.3 is 15.2 Å². The Balaban J connectivity index is 0.00000259. The van der Waals surface area contributed by atoms with Gasteiger partial charge in [-0.15, -0.1) is 12.4 Å². The minimum Gasteiger partial charge on any atom is -0.508 e. The predicted octanol–water partition coefficient (Wildman–Crippen LogP) is 5.39. The van der Waals surface area contributed by atoms with Crippen molar-refractivity contribution in [2.24, 2.45) is 0 Å². The fourth-order valence-corrected chi connectivity index (χ4v) is 5.15. The highest BCUT2D eigenvalue weighted by Gasteiger charge is 2.49. The summed E-state index contributed by atoms with van der Waals surface area (Å²) < 4.78 is 47.4. The molecule has 2 fully saturated rings. The Morgan fingerprint density at radius 1 is 1.15 bits per heavy atom. The van der Waals surface area contributed by atoms with Crippen LogP contribution < -0.4 is 5.32 Å². The topological polar surface area (TPSA) is 59.3 Å². The SMILES string of the molecule is Cl.Oc1ccc(-n2ccnc2C(F)(F)F)cc1[C@H]1CO[C@]2(CCCN[C@H]2c2ccccc2)C1. The predicted molar refractivity (Wildman–Crippen MR) is 120 cm³/mol. The number of phenols is 1. The van der Waals surface area contributed by atoms with Gasteiger partial charge in [0, 0.05) is 29.6 Å². The van der Waals surface area contributed by atoms with Crippen LogP contribution >= 0.6 is 12.4 Å². The van der Waals surface area contributed by atoms with E-state index < -0.39 is 17.6 Å². The fraction of sp³-hybridized carbons (Fsp3) is 0.375. The molecule has 33 heavy (non-hydrogen) atoms. The lowest BCUT2D eigenvalue weighted by molar-refractivity contribution is -0.145. The first-order chi connectivity index (χ1) is 15.4. The molecule has 1 aromatic heterocycles. The smallest absolute Gasteiger partial charge is 0.450 e. The first-order valence-electron chi connectivity index (χ1n) is 10.7. The van der Waals surface area contributed by atoms with Crippen LogP contribution in [0.25, 0.3) is 5.69 Å². The maximum absolute atomic E-state index is 13.3. The molecule has 3 heterocycles. The number of alkyl halides is 3. The van der Waals surface area contributed by atoms with Gasteiger partial charge in [0.15, 0.2) is 0 Å². The number of piperidine rings is 1. The molecule has 2 aliphatic rings. The highest BCUT2D eigenvalue weighted by Crippen LogP contribution is 2.49. The Bertz CT molecular complexity index is 1110. The van der Waals surface area contributed by atoms with Gasteiger partial charge >= 0.3 is 6.18 Å². The quantitative estimate of drug-likeness (QED) is 0.529. The Morgan fingerprint density at radius 2 is 1.94 bits per heavy atom. The van der Waals surface area contributed by atoms with Crippen molar-refractivity contribution in [2.75, 3.05) is 13.2 Å². The van der Waals surface area contributed by atoms with Gasteiger partial charge in [0.25, 0.3) is 0 Å². The zero-order valence-electron chi connectivity index (χ0n) is 17.8. The number of hydrogen-bond donors (Lipinski definition) is 2. The number of aromatic nitrogens is 2. The number of aromatic hydroxyl groups is 1. The summed E-state index contributed by atoms with van der Waals surface area (Å²) in [5.74, 6) is -1.05. The second kappa shape index (κ2) is 9.00. The number of ether oxygens (including phenoxy) is 1. The third-order valence-electron chi connectivity index (χ3n) is 6.57. The lowest BCUT2D eigenvalue weighted by atomic mass is 9.77. The van der Waals surface area contributed by atoms with Crippen molar-refractivity contribution in [2.45, 2.75) is 43.0 Å². The molecule has 5 rings (SSSR count). The monoisotopic (exact) mass is 479 g/mol. The molecular weight excluding hydrogens is 455 g/mol. The number of hydrogen-bond acceptors (Lipinski definition) is 4. The minimum atomic E-state index is -4.57. The highest BCUT2D eigenvalue weighted by molar-refractivity contribution is 5.85. The standard InChI is InChI=1S/C24H24F3N3O2.ClH/c25-24(26,27)22-29-11-12-30(22)18-7-8-20(31)19(13-18)17-14-23(32-15-17)9-4-10-28-21(23)16-5-2-1-3-6-16;/h1-3,5-8,11-13,17,21,28,31H,4,9-10,14-15H2;1H/t17-,21+,23-;/m1./s1. The summed E-state index contributed by atoms with van der Waals surface area (Å²) in [4.78, 5) is 3.47.